The summed E-state index contributed by atoms with van der Waals surface area (Å²) in [5, 5.41) is 3.17. The van der Waals surface area contributed by atoms with E-state index in [0.29, 0.717) is 16.4 Å². The van der Waals surface area contributed by atoms with Crippen LogP contribution in [-0.4, -0.2) is 38.1 Å². The zero-order valence-electron chi connectivity index (χ0n) is 14.7. The predicted molar refractivity (Wildman–Crippen MR) is 106 cm³/mol. The first kappa shape index (κ1) is 18.4. The largest absolute Gasteiger partial charge is 0.497 e. The smallest absolute Gasteiger partial charge is 0.257 e. The van der Waals surface area contributed by atoms with Crippen molar-refractivity contribution in [3.8, 4) is 5.75 Å². The predicted octanol–water partition coefficient (Wildman–Crippen LogP) is 2.62. The fourth-order valence-electron chi connectivity index (χ4n) is 2.87. The van der Waals surface area contributed by atoms with Gasteiger partial charge in [0.05, 0.1) is 28.8 Å². The molecular formula is C18H15N3O5S2. The van der Waals surface area contributed by atoms with Gasteiger partial charge in [-0.2, -0.15) is 0 Å². The van der Waals surface area contributed by atoms with Crippen molar-refractivity contribution in [1.29, 1.82) is 0 Å². The average molecular weight is 417 g/mol. The number of nitrogens with zero attached hydrogens (tertiary/aromatic N) is 2. The third-order valence-corrected chi connectivity index (χ3v) is 6.88. The molecule has 1 aromatic heterocycles. The summed E-state index contributed by atoms with van der Waals surface area (Å²) in [6.07, 6.45) is -0.0348. The third kappa shape index (κ3) is 3.32. The highest BCUT2D eigenvalue weighted by Crippen LogP contribution is 2.30. The van der Waals surface area contributed by atoms with E-state index in [9.17, 15) is 18.0 Å². The number of rotatable bonds is 4. The lowest BCUT2D eigenvalue weighted by molar-refractivity contribution is -0.116. The first-order chi connectivity index (χ1) is 13.4. The number of carbonyl (C=O) groups is 2. The first-order valence-electron chi connectivity index (χ1n) is 8.29. The van der Waals surface area contributed by atoms with Crippen molar-refractivity contribution in [1.82, 2.24) is 4.98 Å². The highest BCUT2D eigenvalue weighted by atomic mass is 32.2. The number of sulfonamides is 1. The Morgan fingerprint density at radius 3 is 2.61 bits per heavy atom. The molecule has 1 aliphatic rings. The Bertz CT molecular complexity index is 1190. The summed E-state index contributed by atoms with van der Waals surface area (Å²) < 4.78 is 30.8. The zero-order valence-corrected chi connectivity index (χ0v) is 16.3. The molecule has 0 saturated carbocycles. The fraction of sp³-hybridized carbons (Fsp3) is 0.167. The minimum Gasteiger partial charge on any atom is -0.497 e. The van der Waals surface area contributed by atoms with Crippen molar-refractivity contribution < 1.29 is 22.7 Å². The Kier molecular flexibility index (Phi) is 4.52. The highest BCUT2D eigenvalue weighted by molar-refractivity contribution is 7.94. The molecule has 0 aliphatic carbocycles. The molecule has 1 N–H and O–H groups in total. The number of hydrogen-bond donors (Lipinski definition) is 1. The van der Waals surface area contributed by atoms with Crippen LogP contribution in [0.15, 0.2) is 42.5 Å². The van der Waals surface area contributed by atoms with Gasteiger partial charge >= 0.3 is 0 Å². The van der Waals surface area contributed by atoms with Crippen LogP contribution in [0.2, 0.25) is 0 Å². The summed E-state index contributed by atoms with van der Waals surface area (Å²) in [6, 6.07) is 11.3. The molecule has 0 unspecified atom stereocenters. The number of methoxy groups -OCH3 is 1. The molecule has 0 bridgehead atoms. The number of thiazole rings is 1. The Labute approximate surface area is 164 Å². The fourth-order valence-corrected chi connectivity index (χ4v) is 5.22. The van der Waals surface area contributed by atoms with Gasteiger partial charge in [-0.05, 0) is 42.5 Å². The van der Waals surface area contributed by atoms with Crippen LogP contribution in [0.25, 0.3) is 10.2 Å². The molecule has 2 heterocycles. The van der Waals surface area contributed by atoms with Crippen molar-refractivity contribution in [3.63, 3.8) is 0 Å². The van der Waals surface area contributed by atoms with Crippen molar-refractivity contribution >= 4 is 54.2 Å². The van der Waals surface area contributed by atoms with Crippen LogP contribution in [0.1, 0.15) is 16.8 Å². The number of fused-ring (bicyclic) bond motifs is 1. The second-order valence-corrected chi connectivity index (χ2v) is 9.05. The van der Waals surface area contributed by atoms with Crippen LogP contribution >= 0.6 is 11.3 Å². The number of aromatic nitrogens is 1. The topological polar surface area (TPSA) is 106 Å². The van der Waals surface area contributed by atoms with Crippen molar-refractivity contribution in [2.45, 2.75) is 6.42 Å². The lowest BCUT2D eigenvalue weighted by Crippen LogP contribution is -2.29. The van der Waals surface area contributed by atoms with E-state index >= 15 is 0 Å². The summed E-state index contributed by atoms with van der Waals surface area (Å²) in [5.74, 6) is -0.345. The van der Waals surface area contributed by atoms with E-state index in [0.717, 1.165) is 14.5 Å². The van der Waals surface area contributed by atoms with Gasteiger partial charge in [0.15, 0.2) is 5.13 Å². The van der Waals surface area contributed by atoms with Gasteiger partial charge in [0.2, 0.25) is 15.9 Å². The molecule has 1 fully saturated rings. The molecule has 0 radical (unpaired) electrons. The SMILES string of the molecule is COc1ccc2nc(NC(=O)c3ccc(N4C(=O)CCS4(=O)=O)cc3)sc2c1. The second-order valence-electron chi connectivity index (χ2n) is 6.08. The molecule has 0 spiro atoms. The molecule has 28 heavy (non-hydrogen) atoms. The highest BCUT2D eigenvalue weighted by Gasteiger charge is 2.36. The molecule has 1 aliphatic heterocycles. The van der Waals surface area contributed by atoms with Gasteiger partial charge in [0.25, 0.3) is 5.91 Å². The Balaban J connectivity index is 1.53. The van der Waals surface area contributed by atoms with Gasteiger partial charge in [0, 0.05) is 12.0 Å². The maximum Gasteiger partial charge on any atom is 0.257 e. The van der Waals surface area contributed by atoms with Crippen molar-refractivity contribution in [3.05, 3.63) is 48.0 Å². The van der Waals surface area contributed by atoms with Gasteiger partial charge < -0.3 is 4.74 Å². The Hall–Kier alpha value is -2.98. The minimum atomic E-state index is -3.63. The van der Waals surface area contributed by atoms with E-state index in [4.69, 9.17) is 4.74 Å². The Morgan fingerprint density at radius 1 is 1.21 bits per heavy atom. The standard InChI is InChI=1S/C18H15N3O5S2/c1-26-13-6-7-14-15(10-13)27-18(19-14)20-17(23)11-2-4-12(5-3-11)21-16(22)8-9-28(21,24)25/h2-7,10H,8-9H2,1H3,(H,19,20,23). The molecule has 2 aromatic carbocycles. The van der Waals surface area contributed by atoms with Gasteiger partial charge in [-0.3, -0.25) is 14.9 Å². The van der Waals surface area contributed by atoms with Crippen LogP contribution in [-0.2, 0) is 14.8 Å². The van der Waals surface area contributed by atoms with E-state index in [-0.39, 0.29) is 23.8 Å². The molecule has 3 aromatic rings. The van der Waals surface area contributed by atoms with Crippen LogP contribution in [0.5, 0.6) is 5.75 Å². The summed E-state index contributed by atoms with van der Waals surface area (Å²) in [5.41, 5.74) is 1.30. The number of carbonyl (C=O) groups excluding carboxylic acids is 2. The molecule has 10 heteroatoms. The van der Waals surface area contributed by atoms with E-state index in [1.165, 1.54) is 35.6 Å². The molecular weight excluding hydrogens is 402 g/mol. The minimum absolute atomic E-state index is 0.0348. The van der Waals surface area contributed by atoms with Gasteiger partial charge in [-0.1, -0.05) is 11.3 Å². The summed E-state index contributed by atoms with van der Waals surface area (Å²) in [7, 11) is -2.05. The molecule has 144 valence electrons. The summed E-state index contributed by atoms with van der Waals surface area (Å²) in [4.78, 5) is 28.7. The van der Waals surface area contributed by atoms with Crippen LogP contribution in [0.4, 0.5) is 10.8 Å². The van der Waals surface area contributed by atoms with Crippen LogP contribution in [0, 0.1) is 0 Å². The molecule has 4 rings (SSSR count). The maximum atomic E-state index is 12.5. The first-order valence-corrected chi connectivity index (χ1v) is 10.7. The summed E-state index contributed by atoms with van der Waals surface area (Å²) >= 11 is 1.32. The van der Waals surface area contributed by atoms with E-state index in [1.54, 1.807) is 13.2 Å². The number of nitrogens with one attached hydrogen (secondary N) is 1. The molecule has 0 atom stereocenters. The van der Waals surface area contributed by atoms with E-state index in [2.05, 4.69) is 10.3 Å². The molecule has 1 saturated heterocycles. The van der Waals surface area contributed by atoms with Gasteiger partial charge in [0.1, 0.15) is 5.75 Å². The number of amides is 2. The number of anilines is 2. The van der Waals surface area contributed by atoms with Gasteiger partial charge in [-0.15, -0.1) is 0 Å². The number of benzene rings is 2. The quantitative estimate of drug-likeness (QED) is 0.700. The zero-order chi connectivity index (χ0) is 19.9. The van der Waals surface area contributed by atoms with Crippen molar-refractivity contribution in [2.24, 2.45) is 0 Å². The summed E-state index contributed by atoms with van der Waals surface area (Å²) in [6.45, 7) is 0. The van der Waals surface area contributed by atoms with Crippen LogP contribution in [0.3, 0.4) is 0 Å². The van der Waals surface area contributed by atoms with E-state index in [1.807, 2.05) is 12.1 Å². The van der Waals surface area contributed by atoms with Gasteiger partial charge in [-0.25, -0.2) is 17.7 Å². The maximum absolute atomic E-state index is 12.5. The number of ether oxygens (including phenoxy) is 1. The van der Waals surface area contributed by atoms with Crippen molar-refractivity contribution in [2.75, 3.05) is 22.5 Å². The number of hydrogen-bond acceptors (Lipinski definition) is 7. The third-order valence-electron chi connectivity index (χ3n) is 4.26. The Morgan fingerprint density at radius 2 is 1.96 bits per heavy atom. The lowest BCUT2D eigenvalue weighted by Gasteiger charge is -2.15. The van der Waals surface area contributed by atoms with Crippen LogP contribution < -0.4 is 14.4 Å². The normalized spacial score (nSPS) is 15.8. The average Bonchev–Trinajstić information content (AvgIpc) is 3.20. The molecule has 2 amide bonds. The lowest BCUT2D eigenvalue weighted by atomic mass is 10.2. The second kappa shape index (κ2) is 6.88. The van der Waals surface area contributed by atoms with E-state index < -0.39 is 15.9 Å². The molecule has 8 nitrogen and oxygen atoms in total. The monoisotopic (exact) mass is 417 g/mol.